The molecule has 50 heavy (non-hydrogen) atoms. The molecule has 0 saturated heterocycles. The number of hydrogen-bond donors (Lipinski definition) is 0. The number of ether oxygens (including phenoxy) is 1. The van der Waals surface area contributed by atoms with Crippen LogP contribution in [0, 0.1) is 5.92 Å². The summed E-state index contributed by atoms with van der Waals surface area (Å²) < 4.78 is 6.73. The number of allylic oxidation sites excluding steroid dienone is 12. The lowest BCUT2D eigenvalue weighted by Gasteiger charge is -2.38. The minimum Gasteiger partial charge on any atom is -0.484 e. The van der Waals surface area contributed by atoms with Crippen LogP contribution in [0.5, 0.6) is 5.75 Å². The Morgan fingerprint density at radius 3 is 2.64 bits per heavy atom. The van der Waals surface area contributed by atoms with Gasteiger partial charge in [0.2, 0.25) is 0 Å². The summed E-state index contributed by atoms with van der Waals surface area (Å²) in [7, 11) is -0.922. The summed E-state index contributed by atoms with van der Waals surface area (Å²) in [6, 6.07) is 21.1. The zero-order chi connectivity index (χ0) is 33.2. The van der Waals surface area contributed by atoms with E-state index in [2.05, 4.69) is 151 Å². The number of para-hydroxylation sites is 1. The molecule has 245 valence electrons. The third-order valence-electron chi connectivity index (χ3n) is 11.9. The molecule has 3 heteroatoms. The molecule has 4 atom stereocenters. The fourth-order valence-electron chi connectivity index (χ4n) is 9.40. The van der Waals surface area contributed by atoms with Crippen LogP contribution >= 0.6 is 0 Å². The first-order valence-corrected chi connectivity index (χ1v) is 20.6. The van der Waals surface area contributed by atoms with Crippen LogP contribution in [-0.4, -0.2) is 20.9 Å². The van der Waals surface area contributed by atoms with Crippen LogP contribution < -0.4 is 14.8 Å². The van der Waals surface area contributed by atoms with Gasteiger partial charge in [0.15, 0.2) is 0 Å². The van der Waals surface area contributed by atoms with E-state index in [0.717, 1.165) is 44.3 Å². The molecule has 3 aromatic rings. The van der Waals surface area contributed by atoms with Crippen molar-refractivity contribution >= 4 is 31.3 Å². The maximum absolute atomic E-state index is 6.73. The molecular weight excluding hydrogens is 623 g/mol. The number of benzene rings is 3. The summed E-state index contributed by atoms with van der Waals surface area (Å²) in [5, 5.41) is 3.14. The first kappa shape index (κ1) is 30.0. The molecule has 7 aliphatic rings. The van der Waals surface area contributed by atoms with Crippen LogP contribution in [0.4, 0.5) is 5.69 Å². The van der Waals surface area contributed by atoms with Crippen LogP contribution in [0.2, 0.25) is 6.55 Å². The summed E-state index contributed by atoms with van der Waals surface area (Å²) in [4.78, 5) is 2.68. The summed E-state index contributed by atoms with van der Waals surface area (Å²) in [6.45, 7) is 2.51. The second-order valence-corrected chi connectivity index (χ2v) is 17.1. The van der Waals surface area contributed by atoms with E-state index in [4.69, 9.17) is 4.74 Å². The van der Waals surface area contributed by atoms with E-state index in [1.807, 2.05) is 0 Å². The summed E-state index contributed by atoms with van der Waals surface area (Å²) in [5.41, 5.74) is 13.7. The van der Waals surface area contributed by atoms with E-state index in [0.29, 0.717) is 11.8 Å². The molecule has 0 aromatic heterocycles. The number of aryl methyl sites for hydroxylation is 1. The molecule has 5 aliphatic carbocycles. The van der Waals surface area contributed by atoms with E-state index >= 15 is 0 Å². The van der Waals surface area contributed by atoms with Crippen LogP contribution in [0.25, 0.3) is 22.8 Å². The van der Waals surface area contributed by atoms with Crippen molar-refractivity contribution in [2.45, 2.75) is 63.1 Å². The van der Waals surface area contributed by atoms with Gasteiger partial charge in [-0.15, -0.1) is 0 Å². The lowest BCUT2D eigenvalue weighted by Crippen LogP contribution is -2.37. The van der Waals surface area contributed by atoms with Crippen LogP contribution in [-0.2, 0) is 6.42 Å². The smallest absolute Gasteiger partial charge is 0.131 e. The lowest BCUT2D eigenvalue weighted by molar-refractivity contribution is 0.268. The monoisotopic (exact) mass is 664 g/mol. The highest BCUT2D eigenvalue weighted by atomic mass is 28.3. The van der Waals surface area contributed by atoms with E-state index in [1.165, 1.54) is 61.1 Å². The molecule has 2 aliphatic heterocycles. The molecular formula is C47H42NOSi. The van der Waals surface area contributed by atoms with Gasteiger partial charge in [-0.25, -0.2) is 0 Å². The molecule has 1 radical (unpaired) electrons. The molecule has 2 heterocycles. The molecule has 0 N–H and O–H groups in total. The van der Waals surface area contributed by atoms with Gasteiger partial charge >= 0.3 is 0 Å². The Balaban J connectivity index is 1.09. The maximum Gasteiger partial charge on any atom is 0.131 e. The van der Waals surface area contributed by atoms with Crippen molar-refractivity contribution in [2.75, 3.05) is 4.90 Å². The summed E-state index contributed by atoms with van der Waals surface area (Å²) >= 11 is 0. The summed E-state index contributed by atoms with van der Waals surface area (Å²) in [5.74, 6) is 1.84. The minimum atomic E-state index is -0.922. The highest BCUT2D eigenvalue weighted by Crippen LogP contribution is 2.50. The molecule has 0 amide bonds. The van der Waals surface area contributed by atoms with Gasteiger partial charge in [-0.1, -0.05) is 133 Å². The average Bonchev–Trinajstić information content (AvgIpc) is 3.70. The Labute approximate surface area is 298 Å². The molecule has 0 spiro atoms. The molecule has 0 saturated carbocycles. The topological polar surface area (TPSA) is 12.5 Å². The van der Waals surface area contributed by atoms with Gasteiger partial charge in [0.05, 0.1) is 6.04 Å². The predicted octanol–water partition coefficient (Wildman–Crippen LogP) is 10.5. The van der Waals surface area contributed by atoms with Crippen LogP contribution in [0.1, 0.15) is 60.3 Å². The second-order valence-electron chi connectivity index (χ2n) is 14.7. The lowest BCUT2D eigenvalue weighted by atomic mass is 9.86. The molecule has 10 rings (SSSR count). The van der Waals surface area contributed by atoms with Crippen molar-refractivity contribution in [1.82, 2.24) is 0 Å². The van der Waals surface area contributed by atoms with E-state index in [-0.39, 0.29) is 12.1 Å². The standard InChI is InChI=1S/C47H42NOSi/c1-50-44-28-27-40-39-21-8-10-24-43(39)49-47(40)46(44)41-26-25-35(30-45(41)50)48(34-18-11-17-33(29-34)31-13-3-2-4-14-31)42-23-9-7-20-38(42)37-22-12-16-32-15-5-6-19-36(32)37/h3,6-14,16,18-29,33,35,39,43H,2,4-5,15,17,30H2,1H3. The normalized spacial score (nSPS) is 25.4. The highest BCUT2D eigenvalue weighted by Gasteiger charge is 2.41. The van der Waals surface area contributed by atoms with Crippen molar-refractivity contribution in [3.8, 4) is 16.9 Å². The Kier molecular flexibility index (Phi) is 7.30. The van der Waals surface area contributed by atoms with Gasteiger partial charge in [-0.2, -0.15) is 0 Å². The highest BCUT2D eigenvalue weighted by molar-refractivity contribution is 6.82. The summed E-state index contributed by atoms with van der Waals surface area (Å²) in [6.07, 6.45) is 39.7. The first-order chi connectivity index (χ1) is 24.7. The molecule has 4 unspecified atom stereocenters. The number of fused-ring (bicyclic) bond motifs is 7. The third-order valence-corrected chi connectivity index (χ3v) is 14.5. The number of hydrogen-bond acceptors (Lipinski definition) is 2. The van der Waals surface area contributed by atoms with Gasteiger partial charge in [0.1, 0.15) is 20.7 Å². The van der Waals surface area contributed by atoms with E-state index in [1.54, 1.807) is 5.20 Å². The van der Waals surface area contributed by atoms with Crippen LogP contribution in [0.3, 0.4) is 0 Å². The Bertz CT molecular complexity index is 2200. The number of rotatable bonds is 5. The average molecular weight is 665 g/mol. The van der Waals surface area contributed by atoms with Gasteiger partial charge < -0.3 is 9.64 Å². The molecule has 3 aromatic carbocycles. The van der Waals surface area contributed by atoms with Gasteiger partial charge in [0, 0.05) is 39.9 Å². The first-order valence-electron chi connectivity index (χ1n) is 18.6. The van der Waals surface area contributed by atoms with Crippen molar-refractivity contribution in [2.24, 2.45) is 5.92 Å². The quantitative estimate of drug-likeness (QED) is 0.252. The predicted molar refractivity (Wildman–Crippen MR) is 211 cm³/mol. The fourth-order valence-corrected chi connectivity index (χ4v) is 11.8. The Morgan fingerprint density at radius 1 is 0.800 bits per heavy atom. The number of anilines is 1. The molecule has 0 fully saturated rings. The molecule has 2 nitrogen and oxygen atoms in total. The Hall–Kier alpha value is -4.86. The SMILES string of the molecule is C[Si]1C2=C(C=CC(N(C3=CC(C4=CCCC=C4)CC=C3)c3ccccc3-c3cccc4c3C=CCC4)C2)c2c1ccc1c2OC2C=CC=CC12. The Morgan fingerprint density at radius 2 is 1.70 bits per heavy atom. The van der Waals surface area contributed by atoms with Gasteiger partial charge in [-0.3, -0.25) is 0 Å². The largest absolute Gasteiger partial charge is 0.484 e. The molecule has 0 bridgehead atoms. The van der Waals surface area contributed by atoms with E-state index < -0.39 is 8.80 Å². The zero-order valence-electron chi connectivity index (χ0n) is 28.7. The maximum atomic E-state index is 6.73. The number of nitrogens with zero attached hydrogens (tertiary/aromatic N) is 1. The zero-order valence-corrected chi connectivity index (χ0v) is 29.7. The third kappa shape index (κ3) is 4.81. The second kappa shape index (κ2) is 12.2. The van der Waals surface area contributed by atoms with Crippen molar-refractivity contribution in [1.29, 1.82) is 0 Å². The van der Waals surface area contributed by atoms with Crippen molar-refractivity contribution in [3.05, 3.63) is 172 Å². The van der Waals surface area contributed by atoms with Gasteiger partial charge in [-0.05, 0) is 89.8 Å². The van der Waals surface area contributed by atoms with Crippen molar-refractivity contribution < 1.29 is 4.74 Å². The van der Waals surface area contributed by atoms with Crippen LogP contribution in [0.15, 0.2) is 150 Å². The fraction of sp³-hybridized carbons (Fsp3) is 0.234. The van der Waals surface area contributed by atoms with Gasteiger partial charge in [0.25, 0.3) is 0 Å². The minimum absolute atomic E-state index is 0.108. The van der Waals surface area contributed by atoms with Crippen molar-refractivity contribution in [3.63, 3.8) is 0 Å². The van der Waals surface area contributed by atoms with E-state index in [9.17, 15) is 0 Å².